The van der Waals surface area contributed by atoms with Gasteiger partial charge in [0.1, 0.15) is 5.60 Å². The van der Waals surface area contributed by atoms with Crippen LogP contribution in [0.5, 0.6) is 11.5 Å². The summed E-state index contributed by atoms with van der Waals surface area (Å²) in [5, 5.41) is 13.3. The summed E-state index contributed by atoms with van der Waals surface area (Å²) in [7, 11) is 0.724. The molecule has 0 aliphatic rings. The number of aliphatic carboxylic acids is 1. The number of nitrogens with one attached hydrogen (secondary N) is 1. The lowest BCUT2D eigenvalue weighted by Crippen LogP contribution is -2.54. The van der Waals surface area contributed by atoms with Gasteiger partial charge in [0.05, 0.1) is 32.3 Å². The van der Waals surface area contributed by atoms with Gasteiger partial charge < -0.3 is 29.1 Å². The molecule has 0 aromatic heterocycles. The summed E-state index contributed by atoms with van der Waals surface area (Å²) in [4.78, 5) is 25.7. The van der Waals surface area contributed by atoms with E-state index in [1.807, 2.05) is 57.2 Å². The highest BCUT2D eigenvalue weighted by Gasteiger charge is 2.42. The van der Waals surface area contributed by atoms with Gasteiger partial charge >= 0.3 is 12.1 Å². The fourth-order valence-corrected chi connectivity index (χ4v) is 5.67. The zero-order valence-corrected chi connectivity index (χ0v) is 27.4. The third-order valence-corrected chi connectivity index (χ3v) is 12.0. The van der Waals surface area contributed by atoms with Gasteiger partial charge in [0.25, 0.3) is 0 Å². The van der Waals surface area contributed by atoms with Crippen LogP contribution in [0.1, 0.15) is 59.1 Å². The quantitative estimate of drug-likeness (QED) is 0.247. The van der Waals surface area contributed by atoms with Gasteiger partial charge in [0.15, 0.2) is 19.8 Å². The highest BCUT2D eigenvalue weighted by atomic mass is 28.4. The molecule has 0 fully saturated rings. The molecule has 0 aliphatic carbocycles. The standard InChI is InChI=1S/C32H49NO7Si/c1-31(2,3)39-30(36)33-25(19-22-14-12-11-13-15-22)27(40-41(9,10)32(4,5)6)21-24(29(34)35)18-23-16-17-26(37-7)28(20-23)38-8/h11-17,20,24-25,27H,18-19,21H2,1-10H3,(H,33,36)(H,34,35). The SMILES string of the molecule is COc1ccc(CC(CC(O[Si](C)(C)C(C)(C)C)C(Cc2ccccc2)NC(=O)OC(C)(C)C)C(=O)O)cc1OC. The van der Waals surface area contributed by atoms with Crippen molar-refractivity contribution in [2.45, 2.75) is 96.7 Å². The maximum atomic E-state index is 13.0. The van der Waals surface area contributed by atoms with Gasteiger partial charge in [-0.25, -0.2) is 4.79 Å². The summed E-state index contributed by atoms with van der Waals surface area (Å²) in [5.41, 5.74) is 1.12. The molecule has 3 atom stereocenters. The van der Waals surface area contributed by atoms with Crippen molar-refractivity contribution in [3.63, 3.8) is 0 Å². The molecule has 41 heavy (non-hydrogen) atoms. The van der Waals surface area contributed by atoms with Crippen LogP contribution in [0.3, 0.4) is 0 Å². The fraction of sp³-hybridized carbons (Fsp3) is 0.562. The number of amides is 1. The van der Waals surface area contributed by atoms with Gasteiger partial charge in [0.2, 0.25) is 0 Å². The Morgan fingerprint density at radius 2 is 1.49 bits per heavy atom. The zero-order chi connectivity index (χ0) is 31.0. The van der Waals surface area contributed by atoms with Crippen molar-refractivity contribution in [1.82, 2.24) is 5.32 Å². The van der Waals surface area contributed by atoms with Gasteiger partial charge in [-0.05, 0) is 81.4 Å². The van der Waals surface area contributed by atoms with Crippen LogP contribution < -0.4 is 14.8 Å². The maximum absolute atomic E-state index is 13.0. The molecule has 0 radical (unpaired) electrons. The molecule has 2 aromatic rings. The van der Waals surface area contributed by atoms with E-state index in [2.05, 4.69) is 39.2 Å². The smallest absolute Gasteiger partial charge is 0.407 e. The lowest BCUT2D eigenvalue weighted by atomic mass is 9.89. The lowest BCUT2D eigenvalue weighted by molar-refractivity contribution is -0.142. The molecule has 0 saturated heterocycles. The average molecular weight is 588 g/mol. The Balaban J connectivity index is 2.51. The number of carbonyl (C=O) groups is 2. The molecule has 9 heteroatoms. The van der Waals surface area contributed by atoms with Crippen molar-refractivity contribution in [2.75, 3.05) is 14.2 Å². The lowest BCUT2D eigenvalue weighted by Gasteiger charge is -2.42. The van der Waals surface area contributed by atoms with Crippen LogP contribution in [0.4, 0.5) is 4.79 Å². The summed E-state index contributed by atoms with van der Waals surface area (Å²) in [6, 6.07) is 14.7. The van der Waals surface area contributed by atoms with E-state index in [9.17, 15) is 14.7 Å². The Morgan fingerprint density at radius 1 is 0.878 bits per heavy atom. The van der Waals surface area contributed by atoms with Crippen LogP contribution in [-0.2, 0) is 26.8 Å². The Morgan fingerprint density at radius 3 is 2.00 bits per heavy atom. The first-order chi connectivity index (χ1) is 19.0. The first-order valence-corrected chi connectivity index (χ1v) is 17.0. The minimum atomic E-state index is -2.39. The number of benzene rings is 2. The molecule has 8 nitrogen and oxygen atoms in total. The Hall–Kier alpha value is -3.04. The minimum Gasteiger partial charge on any atom is -0.493 e. The van der Waals surface area contributed by atoms with Gasteiger partial charge in [-0.1, -0.05) is 57.2 Å². The second-order valence-corrected chi connectivity index (χ2v) is 17.8. The van der Waals surface area contributed by atoms with E-state index < -0.39 is 44.0 Å². The van der Waals surface area contributed by atoms with Crippen LogP contribution in [0.15, 0.2) is 48.5 Å². The monoisotopic (exact) mass is 587 g/mol. The van der Waals surface area contributed by atoms with E-state index in [1.54, 1.807) is 26.4 Å². The summed E-state index contributed by atoms with van der Waals surface area (Å²) in [6.45, 7) is 16.1. The molecular weight excluding hydrogens is 538 g/mol. The molecule has 2 aromatic carbocycles. The first kappa shape index (κ1) is 34.2. The Bertz CT molecular complexity index is 1140. The van der Waals surface area contributed by atoms with Crippen LogP contribution in [0.25, 0.3) is 0 Å². The van der Waals surface area contributed by atoms with E-state index in [4.69, 9.17) is 18.6 Å². The highest BCUT2D eigenvalue weighted by molar-refractivity contribution is 6.74. The molecule has 1 amide bonds. The molecule has 0 spiro atoms. The molecule has 2 rings (SSSR count). The first-order valence-electron chi connectivity index (χ1n) is 14.1. The van der Waals surface area contributed by atoms with Gasteiger partial charge in [0, 0.05) is 0 Å². The fourth-order valence-electron chi connectivity index (χ4n) is 4.30. The number of hydrogen-bond acceptors (Lipinski definition) is 6. The summed E-state index contributed by atoms with van der Waals surface area (Å²) in [6.07, 6.45) is -0.220. The second-order valence-electron chi connectivity index (χ2n) is 13.0. The second kappa shape index (κ2) is 14.2. The summed E-state index contributed by atoms with van der Waals surface area (Å²) >= 11 is 0. The number of methoxy groups -OCH3 is 2. The number of carboxylic acids is 1. The number of rotatable bonds is 13. The normalized spacial score (nSPS) is 14.5. The topological polar surface area (TPSA) is 103 Å². The van der Waals surface area contributed by atoms with Crippen LogP contribution in [0, 0.1) is 5.92 Å². The van der Waals surface area contributed by atoms with Crippen molar-refractivity contribution in [1.29, 1.82) is 0 Å². The van der Waals surface area contributed by atoms with Crippen LogP contribution >= 0.6 is 0 Å². The van der Waals surface area contributed by atoms with Gasteiger partial charge in [-0.2, -0.15) is 0 Å². The van der Waals surface area contributed by atoms with E-state index in [1.165, 1.54) is 0 Å². The third-order valence-electron chi connectivity index (χ3n) is 7.50. The number of carboxylic acid groups (broad SMARTS) is 1. The maximum Gasteiger partial charge on any atom is 0.407 e. The molecule has 3 unspecified atom stereocenters. The molecule has 0 heterocycles. The van der Waals surface area contributed by atoms with E-state index in [0.717, 1.165) is 11.1 Å². The number of carbonyl (C=O) groups excluding carboxylic acids is 1. The predicted octanol–water partition coefficient (Wildman–Crippen LogP) is 6.86. The van der Waals surface area contributed by atoms with E-state index in [0.29, 0.717) is 17.9 Å². The minimum absolute atomic E-state index is 0.128. The highest BCUT2D eigenvalue weighted by Crippen LogP contribution is 2.39. The third kappa shape index (κ3) is 10.7. The van der Waals surface area contributed by atoms with Crippen molar-refractivity contribution in [3.8, 4) is 11.5 Å². The van der Waals surface area contributed by atoms with Crippen LogP contribution in [-0.4, -0.2) is 57.5 Å². The number of alkyl carbamates (subject to hydrolysis) is 1. The Labute approximate surface area is 246 Å². The average Bonchev–Trinajstić information content (AvgIpc) is 2.86. The zero-order valence-electron chi connectivity index (χ0n) is 26.4. The van der Waals surface area contributed by atoms with Crippen molar-refractivity contribution in [3.05, 3.63) is 59.7 Å². The van der Waals surface area contributed by atoms with E-state index in [-0.39, 0.29) is 17.9 Å². The van der Waals surface area contributed by atoms with Crippen molar-refractivity contribution >= 4 is 20.4 Å². The molecular formula is C32H49NO7Si. The predicted molar refractivity (Wildman–Crippen MR) is 164 cm³/mol. The Kier molecular flexibility index (Phi) is 11.9. The molecule has 0 saturated carbocycles. The molecule has 0 aliphatic heterocycles. The molecule has 2 N–H and O–H groups in total. The number of ether oxygens (including phenoxy) is 3. The van der Waals surface area contributed by atoms with Crippen molar-refractivity contribution < 1.29 is 33.3 Å². The summed E-state index contributed by atoms with van der Waals surface area (Å²) in [5.74, 6) is -0.593. The van der Waals surface area contributed by atoms with Crippen molar-refractivity contribution in [2.24, 2.45) is 5.92 Å². The molecule has 0 bridgehead atoms. The van der Waals surface area contributed by atoms with Gasteiger partial charge in [-0.3, -0.25) is 4.79 Å². The number of hydrogen-bond donors (Lipinski definition) is 2. The van der Waals surface area contributed by atoms with Crippen LogP contribution in [0.2, 0.25) is 18.1 Å². The van der Waals surface area contributed by atoms with Gasteiger partial charge in [-0.15, -0.1) is 0 Å². The van der Waals surface area contributed by atoms with E-state index >= 15 is 0 Å². The molecule has 228 valence electrons. The summed E-state index contributed by atoms with van der Waals surface area (Å²) < 4.78 is 23.3. The largest absolute Gasteiger partial charge is 0.493 e.